The highest BCUT2D eigenvalue weighted by Gasteiger charge is 2.20. The molecule has 1 aromatic heterocycles. The first-order valence-electron chi connectivity index (χ1n) is 22.0. The van der Waals surface area contributed by atoms with Gasteiger partial charge in [-0.1, -0.05) is 170 Å². The van der Waals surface area contributed by atoms with Crippen LogP contribution in [-0.2, 0) is 0 Å². The van der Waals surface area contributed by atoms with Gasteiger partial charge in [0.2, 0.25) is 0 Å². The van der Waals surface area contributed by atoms with Crippen molar-refractivity contribution in [3.8, 4) is 39.1 Å². The highest BCUT2D eigenvalue weighted by atomic mass is 15.1. The Hall–Kier alpha value is -7.68. The summed E-state index contributed by atoms with van der Waals surface area (Å²) in [6.07, 6.45) is 0. The van der Waals surface area contributed by atoms with Crippen LogP contribution in [0.5, 0.6) is 0 Å². The number of hydrogen-bond donors (Lipinski definition) is 0. The summed E-state index contributed by atoms with van der Waals surface area (Å²) in [4.78, 5) is 2.25. The number of para-hydroxylation sites is 1. The van der Waals surface area contributed by atoms with Gasteiger partial charge in [0.1, 0.15) is 0 Å². The molecule has 0 saturated carbocycles. The molecule has 11 aromatic rings. The van der Waals surface area contributed by atoms with Gasteiger partial charge >= 0.3 is 0 Å². The van der Waals surface area contributed by atoms with Crippen molar-refractivity contribution in [2.45, 2.75) is 0 Å². The van der Waals surface area contributed by atoms with Crippen molar-refractivity contribution in [1.29, 1.82) is 0 Å². The Kier molecular flexibility index (Phi) is 6.98. The van der Waals surface area contributed by atoms with E-state index in [0.717, 1.165) is 72.2 Å². The van der Waals surface area contributed by atoms with E-state index >= 15 is 0 Å². The second kappa shape index (κ2) is 14.1. The molecule has 0 aliphatic carbocycles. The molecule has 2 heteroatoms. The summed E-state index contributed by atoms with van der Waals surface area (Å²) < 4.78 is 48.8. The van der Waals surface area contributed by atoms with Gasteiger partial charge in [0.15, 0.2) is 0 Å². The molecule has 0 bridgehead atoms. The van der Waals surface area contributed by atoms with Crippen molar-refractivity contribution in [2.75, 3.05) is 4.90 Å². The summed E-state index contributed by atoms with van der Waals surface area (Å²) in [5.74, 6) is 0. The smallest absolute Gasteiger partial charge is 0.0645 e. The van der Waals surface area contributed by atoms with E-state index in [0.29, 0.717) is 21.9 Å². The van der Waals surface area contributed by atoms with Crippen LogP contribution in [0.3, 0.4) is 0 Å². The molecule has 58 heavy (non-hydrogen) atoms. The molecule has 0 amide bonds. The van der Waals surface area contributed by atoms with E-state index in [1.165, 1.54) is 0 Å². The molecule has 272 valence electrons. The number of hydrogen-bond acceptors (Lipinski definition) is 1. The van der Waals surface area contributed by atoms with Crippen LogP contribution >= 0.6 is 0 Å². The Morgan fingerprint density at radius 2 is 1.00 bits per heavy atom. The molecule has 10 aromatic carbocycles. The minimum atomic E-state index is -0.262. The van der Waals surface area contributed by atoms with Gasteiger partial charge in [-0.25, -0.2) is 0 Å². The molecule has 0 aliphatic heterocycles. The van der Waals surface area contributed by atoms with Crippen LogP contribution in [0.25, 0.3) is 82.4 Å². The first kappa shape index (κ1) is 28.7. The lowest BCUT2D eigenvalue weighted by atomic mass is 9.93. The fraction of sp³-hybridized carbons (Fsp3) is 0. The number of anilines is 3. The summed E-state index contributed by atoms with van der Waals surface area (Å²) >= 11 is 0. The zero-order valence-corrected chi connectivity index (χ0v) is 31.4. The van der Waals surface area contributed by atoms with Crippen LogP contribution < -0.4 is 4.90 Å². The number of rotatable bonds is 7. The molecular formula is C56H38N2. The van der Waals surface area contributed by atoms with Crippen LogP contribution in [0.15, 0.2) is 230 Å². The Labute approximate surface area is 345 Å². The molecule has 0 unspecified atom stereocenters. The minimum absolute atomic E-state index is 0.0434. The highest BCUT2D eigenvalue weighted by molar-refractivity contribution is 6.25. The van der Waals surface area contributed by atoms with E-state index in [1.54, 1.807) is 0 Å². The molecular weight excluding hydrogens is 701 g/mol. The van der Waals surface area contributed by atoms with Crippen LogP contribution in [0, 0.1) is 0 Å². The van der Waals surface area contributed by atoms with Gasteiger partial charge in [-0.05, 0) is 116 Å². The van der Waals surface area contributed by atoms with Crippen LogP contribution in [0.1, 0.15) is 6.85 Å². The van der Waals surface area contributed by atoms with E-state index in [-0.39, 0.29) is 35.6 Å². The average Bonchev–Trinajstić information content (AvgIpc) is 3.69. The third kappa shape index (κ3) is 5.82. The van der Waals surface area contributed by atoms with E-state index in [2.05, 4.69) is 107 Å². The van der Waals surface area contributed by atoms with E-state index in [9.17, 15) is 4.11 Å². The van der Waals surface area contributed by atoms with Crippen LogP contribution in [0.4, 0.5) is 17.1 Å². The molecule has 0 fully saturated rings. The predicted octanol–water partition coefficient (Wildman–Crippen LogP) is 15.6. The lowest BCUT2D eigenvalue weighted by Crippen LogP contribution is -2.10. The monoisotopic (exact) mass is 743 g/mol. The summed E-state index contributed by atoms with van der Waals surface area (Å²) in [5.41, 5.74) is 10.6. The van der Waals surface area contributed by atoms with Crippen molar-refractivity contribution < 1.29 is 6.85 Å². The molecule has 2 nitrogen and oxygen atoms in total. The molecule has 0 spiro atoms. The molecule has 0 N–H and O–H groups in total. The fourth-order valence-corrected chi connectivity index (χ4v) is 8.42. The second-order valence-corrected chi connectivity index (χ2v) is 14.6. The van der Waals surface area contributed by atoms with Gasteiger partial charge in [-0.15, -0.1) is 0 Å². The topological polar surface area (TPSA) is 8.17 Å². The largest absolute Gasteiger partial charge is 0.310 e. The van der Waals surface area contributed by atoms with Crippen molar-refractivity contribution in [2.24, 2.45) is 0 Å². The molecule has 0 saturated heterocycles. The van der Waals surface area contributed by atoms with Crippen LogP contribution in [0.2, 0.25) is 0 Å². The van der Waals surface area contributed by atoms with Gasteiger partial charge in [-0.3, -0.25) is 0 Å². The Morgan fingerprint density at radius 1 is 0.362 bits per heavy atom. The van der Waals surface area contributed by atoms with E-state index in [1.807, 2.05) is 103 Å². The maximum Gasteiger partial charge on any atom is 0.0645 e. The van der Waals surface area contributed by atoms with Gasteiger partial charge in [-0.2, -0.15) is 0 Å². The maximum atomic E-state index is 9.69. The molecule has 0 radical (unpaired) electrons. The number of aromatic nitrogens is 1. The average molecular weight is 744 g/mol. The third-order valence-corrected chi connectivity index (χ3v) is 11.1. The number of nitrogens with zero attached hydrogens (tertiary/aromatic N) is 2. The van der Waals surface area contributed by atoms with Gasteiger partial charge < -0.3 is 9.47 Å². The summed E-state index contributed by atoms with van der Waals surface area (Å²) in [5, 5.41) is 4.29. The molecule has 0 atom stereocenters. The van der Waals surface area contributed by atoms with Crippen LogP contribution in [-0.4, -0.2) is 4.57 Å². The molecule has 1 heterocycles. The van der Waals surface area contributed by atoms with E-state index in [4.69, 9.17) is 2.74 Å². The normalized spacial score (nSPS) is 12.7. The van der Waals surface area contributed by atoms with Gasteiger partial charge in [0, 0.05) is 33.5 Å². The van der Waals surface area contributed by atoms with Gasteiger partial charge in [0.05, 0.1) is 17.9 Å². The maximum absolute atomic E-state index is 9.69. The molecule has 0 aliphatic rings. The minimum Gasteiger partial charge on any atom is -0.310 e. The Morgan fingerprint density at radius 3 is 1.81 bits per heavy atom. The summed E-state index contributed by atoms with van der Waals surface area (Å²) in [6, 6.07) is 67.4. The quantitative estimate of drug-likeness (QED) is 0.158. The lowest BCUT2D eigenvalue weighted by molar-refractivity contribution is 1.17. The predicted molar refractivity (Wildman–Crippen MR) is 247 cm³/mol. The van der Waals surface area contributed by atoms with Crippen molar-refractivity contribution in [3.05, 3.63) is 230 Å². The Balaban J connectivity index is 1.17. The SMILES string of the molecule is [2H]c1c([2H])c(-c2ccc3ccccc3c2)c2c(c1[2H])c([2H])c([2H])c1c2c2ccccc2n1-c1cccc(N(c2ccc(-c3ccccc3)cc2)c2cccc(-c3ccccc3)c2)c1. The van der Waals surface area contributed by atoms with Crippen molar-refractivity contribution >= 4 is 60.4 Å². The first-order valence-corrected chi connectivity index (χ1v) is 19.5. The van der Waals surface area contributed by atoms with Crippen molar-refractivity contribution in [1.82, 2.24) is 4.57 Å². The fourth-order valence-electron chi connectivity index (χ4n) is 8.42. The van der Waals surface area contributed by atoms with E-state index < -0.39 is 0 Å². The summed E-state index contributed by atoms with van der Waals surface area (Å²) in [7, 11) is 0. The zero-order valence-electron chi connectivity index (χ0n) is 36.4. The zero-order chi connectivity index (χ0) is 42.8. The third-order valence-electron chi connectivity index (χ3n) is 11.1. The molecule has 11 rings (SSSR count). The summed E-state index contributed by atoms with van der Waals surface area (Å²) in [6.45, 7) is 0. The lowest BCUT2D eigenvalue weighted by Gasteiger charge is -2.27. The number of fused-ring (bicyclic) bond motifs is 6. The Bertz CT molecular complexity index is 3560. The standard InChI is InChI=1S/C56H38N2/c1-3-14-39(15-4-1)42-30-33-47(34-31-42)57(48-22-11-21-45(37-48)40-16-5-2-6-17-40)49-23-13-24-50(38-49)58-53-27-10-9-25-52(53)56-54(58)35-32-43-20-12-26-51(55(43)56)46-29-28-41-18-7-8-19-44(41)36-46/h1-38H/i12D,20D,26D,32D,35D. The highest BCUT2D eigenvalue weighted by Crippen LogP contribution is 2.43. The van der Waals surface area contributed by atoms with Gasteiger partial charge in [0.25, 0.3) is 0 Å². The number of benzene rings is 10. The first-order chi connectivity index (χ1) is 30.9. The van der Waals surface area contributed by atoms with Crippen molar-refractivity contribution in [3.63, 3.8) is 0 Å². The second-order valence-electron chi connectivity index (χ2n) is 14.6.